The molecule has 0 saturated carbocycles. The second-order valence-electron chi connectivity index (χ2n) is 6.12. The third-order valence-electron chi connectivity index (χ3n) is 3.97. The Labute approximate surface area is 173 Å². The van der Waals surface area contributed by atoms with Gasteiger partial charge in [0.1, 0.15) is 6.54 Å². The maximum atomic E-state index is 12.0. The zero-order valence-electron chi connectivity index (χ0n) is 15.4. The molecular weight excluding hydrogens is 403 g/mol. The molecule has 2 aromatic rings. The molecular formula is C20H20Cl2N2O4. The standard InChI is InChI=1S/C20H20Cl2N2O4/c1-12-5-3-4-6-15(12)13(2)24-18(25)11-28-19(26)10-23-20(27)14-7-8-16(21)17(22)9-14/h3-9,13H,10-11H2,1-2H3,(H,23,27)(H,24,25). The maximum absolute atomic E-state index is 12.0. The van der Waals surface area contributed by atoms with E-state index in [0.29, 0.717) is 5.02 Å². The highest BCUT2D eigenvalue weighted by Gasteiger charge is 2.14. The van der Waals surface area contributed by atoms with Crippen LogP contribution in [0, 0.1) is 6.92 Å². The molecule has 2 aromatic carbocycles. The van der Waals surface area contributed by atoms with Crippen molar-refractivity contribution in [3.05, 3.63) is 69.2 Å². The van der Waals surface area contributed by atoms with Gasteiger partial charge < -0.3 is 15.4 Å². The van der Waals surface area contributed by atoms with E-state index in [1.54, 1.807) is 0 Å². The highest BCUT2D eigenvalue weighted by Crippen LogP contribution is 2.22. The first-order chi connectivity index (χ1) is 13.3. The van der Waals surface area contributed by atoms with Crippen LogP contribution in [0.3, 0.4) is 0 Å². The van der Waals surface area contributed by atoms with E-state index < -0.39 is 24.4 Å². The normalized spacial score (nSPS) is 11.4. The van der Waals surface area contributed by atoms with Crippen molar-refractivity contribution in [2.75, 3.05) is 13.2 Å². The van der Waals surface area contributed by atoms with E-state index in [0.717, 1.165) is 11.1 Å². The van der Waals surface area contributed by atoms with Crippen LogP contribution in [0.5, 0.6) is 0 Å². The van der Waals surface area contributed by atoms with E-state index in [9.17, 15) is 14.4 Å². The van der Waals surface area contributed by atoms with Crippen molar-refractivity contribution in [1.82, 2.24) is 10.6 Å². The van der Waals surface area contributed by atoms with Crippen molar-refractivity contribution in [1.29, 1.82) is 0 Å². The number of carbonyl (C=O) groups is 3. The molecule has 2 amide bonds. The van der Waals surface area contributed by atoms with Crippen LogP contribution in [-0.2, 0) is 14.3 Å². The van der Waals surface area contributed by atoms with Crippen LogP contribution in [-0.4, -0.2) is 30.9 Å². The van der Waals surface area contributed by atoms with Gasteiger partial charge in [0, 0.05) is 5.56 Å². The molecule has 0 saturated heterocycles. The molecule has 2 N–H and O–H groups in total. The summed E-state index contributed by atoms with van der Waals surface area (Å²) in [7, 11) is 0. The summed E-state index contributed by atoms with van der Waals surface area (Å²) in [6.45, 7) is 2.99. The Bertz CT molecular complexity index is 886. The van der Waals surface area contributed by atoms with Crippen LogP contribution in [0.4, 0.5) is 0 Å². The molecule has 0 aromatic heterocycles. The summed E-state index contributed by atoms with van der Waals surface area (Å²) in [5, 5.41) is 5.72. The molecule has 0 fully saturated rings. The maximum Gasteiger partial charge on any atom is 0.325 e. The molecule has 0 bridgehead atoms. The summed E-state index contributed by atoms with van der Waals surface area (Å²) in [6.07, 6.45) is 0. The number of rotatable bonds is 7. The molecule has 1 unspecified atom stereocenters. The lowest BCUT2D eigenvalue weighted by molar-refractivity contribution is -0.147. The molecule has 1 atom stereocenters. The minimum absolute atomic E-state index is 0.221. The lowest BCUT2D eigenvalue weighted by Gasteiger charge is -2.16. The summed E-state index contributed by atoms with van der Waals surface area (Å²) >= 11 is 11.6. The van der Waals surface area contributed by atoms with Crippen molar-refractivity contribution in [3.63, 3.8) is 0 Å². The van der Waals surface area contributed by atoms with Gasteiger partial charge in [-0.1, -0.05) is 47.5 Å². The van der Waals surface area contributed by atoms with Gasteiger partial charge in [-0.3, -0.25) is 14.4 Å². The van der Waals surface area contributed by atoms with E-state index in [1.807, 2.05) is 38.1 Å². The van der Waals surface area contributed by atoms with E-state index in [1.165, 1.54) is 18.2 Å². The molecule has 0 heterocycles. The lowest BCUT2D eigenvalue weighted by atomic mass is 10.0. The Morgan fingerprint density at radius 1 is 1.07 bits per heavy atom. The average molecular weight is 423 g/mol. The Balaban J connectivity index is 1.75. The number of hydrogen-bond donors (Lipinski definition) is 2. The minimum atomic E-state index is -0.730. The van der Waals surface area contributed by atoms with Crippen LogP contribution >= 0.6 is 23.2 Å². The van der Waals surface area contributed by atoms with Crippen LogP contribution in [0.15, 0.2) is 42.5 Å². The molecule has 28 heavy (non-hydrogen) atoms. The number of aryl methyl sites for hydroxylation is 1. The van der Waals surface area contributed by atoms with Crippen LogP contribution < -0.4 is 10.6 Å². The quantitative estimate of drug-likeness (QED) is 0.669. The smallest absolute Gasteiger partial charge is 0.325 e. The summed E-state index contributed by atoms with van der Waals surface area (Å²) in [4.78, 5) is 35.7. The molecule has 0 spiro atoms. The van der Waals surface area contributed by atoms with Gasteiger partial charge >= 0.3 is 5.97 Å². The predicted molar refractivity (Wildman–Crippen MR) is 107 cm³/mol. The number of esters is 1. The number of benzene rings is 2. The molecule has 0 aliphatic heterocycles. The summed E-state index contributed by atoms with van der Waals surface area (Å²) in [5.74, 6) is -1.67. The van der Waals surface area contributed by atoms with Gasteiger partial charge in [-0.05, 0) is 43.2 Å². The monoisotopic (exact) mass is 422 g/mol. The fourth-order valence-electron chi connectivity index (χ4n) is 2.52. The minimum Gasteiger partial charge on any atom is -0.454 e. The SMILES string of the molecule is Cc1ccccc1C(C)NC(=O)COC(=O)CNC(=O)c1ccc(Cl)c(Cl)c1. The van der Waals surface area contributed by atoms with Gasteiger partial charge in [0.15, 0.2) is 6.61 Å². The number of halogens is 2. The van der Waals surface area contributed by atoms with Gasteiger partial charge in [0.05, 0.1) is 16.1 Å². The van der Waals surface area contributed by atoms with Gasteiger partial charge in [0.2, 0.25) is 0 Å². The third kappa shape index (κ3) is 6.25. The Morgan fingerprint density at radius 2 is 1.79 bits per heavy atom. The van der Waals surface area contributed by atoms with Gasteiger partial charge in [0.25, 0.3) is 11.8 Å². The van der Waals surface area contributed by atoms with Crippen molar-refractivity contribution < 1.29 is 19.1 Å². The molecule has 6 nitrogen and oxygen atoms in total. The van der Waals surface area contributed by atoms with E-state index in [2.05, 4.69) is 10.6 Å². The Hall–Kier alpha value is -2.57. The second kappa shape index (κ2) is 10.1. The van der Waals surface area contributed by atoms with Crippen LogP contribution in [0.1, 0.15) is 34.5 Å². The first-order valence-electron chi connectivity index (χ1n) is 8.51. The molecule has 0 radical (unpaired) electrons. The molecule has 0 aliphatic carbocycles. The fourth-order valence-corrected chi connectivity index (χ4v) is 2.82. The van der Waals surface area contributed by atoms with Gasteiger partial charge in [-0.15, -0.1) is 0 Å². The van der Waals surface area contributed by atoms with E-state index in [4.69, 9.17) is 27.9 Å². The van der Waals surface area contributed by atoms with Crippen molar-refractivity contribution in [2.45, 2.75) is 19.9 Å². The van der Waals surface area contributed by atoms with E-state index in [-0.39, 0.29) is 23.2 Å². The van der Waals surface area contributed by atoms with Crippen LogP contribution in [0.2, 0.25) is 10.0 Å². The van der Waals surface area contributed by atoms with E-state index >= 15 is 0 Å². The summed E-state index contributed by atoms with van der Waals surface area (Å²) in [6, 6.07) is 11.8. The highest BCUT2D eigenvalue weighted by molar-refractivity contribution is 6.42. The fraction of sp³-hybridized carbons (Fsp3) is 0.250. The molecule has 148 valence electrons. The zero-order chi connectivity index (χ0) is 20.7. The number of hydrogen-bond acceptors (Lipinski definition) is 4. The molecule has 0 aliphatic rings. The topological polar surface area (TPSA) is 84.5 Å². The van der Waals surface area contributed by atoms with Gasteiger partial charge in [-0.2, -0.15) is 0 Å². The first-order valence-corrected chi connectivity index (χ1v) is 9.27. The van der Waals surface area contributed by atoms with Crippen molar-refractivity contribution >= 4 is 41.0 Å². The number of amides is 2. The number of ether oxygens (including phenoxy) is 1. The van der Waals surface area contributed by atoms with Crippen molar-refractivity contribution in [3.8, 4) is 0 Å². The Morgan fingerprint density at radius 3 is 2.46 bits per heavy atom. The summed E-state index contributed by atoms with van der Waals surface area (Å²) in [5.41, 5.74) is 2.29. The Kier molecular flexibility index (Phi) is 7.84. The first kappa shape index (κ1) is 21.7. The van der Waals surface area contributed by atoms with Crippen molar-refractivity contribution in [2.24, 2.45) is 0 Å². The highest BCUT2D eigenvalue weighted by atomic mass is 35.5. The molecule has 8 heteroatoms. The lowest BCUT2D eigenvalue weighted by Crippen LogP contribution is -2.34. The number of carbonyl (C=O) groups excluding carboxylic acids is 3. The molecule has 2 rings (SSSR count). The average Bonchev–Trinajstić information content (AvgIpc) is 2.66. The number of nitrogens with one attached hydrogen (secondary N) is 2. The third-order valence-corrected chi connectivity index (χ3v) is 4.71. The largest absolute Gasteiger partial charge is 0.454 e. The predicted octanol–water partition coefficient (Wildman–Crippen LogP) is 3.45. The van der Waals surface area contributed by atoms with Gasteiger partial charge in [-0.25, -0.2) is 0 Å². The zero-order valence-corrected chi connectivity index (χ0v) is 16.9. The second-order valence-corrected chi connectivity index (χ2v) is 6.93. The summed E-state index contributed by atoms with van der Waals surface area (Å²) < 4.78 is 4.89. The van der Waals surface area contributed by atoms with Crippen LogP contribution in [0.25, 0.3) is 0 Å².